The van der Waals surface area contributed by atoms with E-state index in [1.54, 1.807) is 0 Å². The minimum atomic E-state index is 1.27. The topological polar surface area (TPSA) is 0 Å². The largest absolute Gasteiger partial charge is 0.0616 e. The second-order valence-electron chi connectivity index (χ2n) is 19.4. The van der Waals surface area contributed by atoms with Gasteiger partial charge in [-0.25, -0.2) is 0 Å². The van der Waals surface area contributed by atoms with Gasteiger partial charge in [0.15, 0.2) is 0 Å². The summed E-state index contributed by atoms with van der Waals surface area (Å²) in [5, 5.41) is 21.1. The van der Waals surface area contributed by atoms with E-state index in [1.807, 2.05) is 0 Å². The first-order chi connectivity index (χ1) is 30.9. The van der Waals surface area contributed by atoms with Gasteiger partial charge in [0.1, 0.15) is 0 Å². The highest BCUT2D eigenvalue weighted by molar-refractivity contribution is 6.38. The molecule has 12 aromatic rings. The van der Waals surface area contributed by atoms with Gasteiger partial charge < -0.3 is 0 Å². The van der Waals surface area contributed by atoms with Crippen LogP contribution in [0.5, 0.6) is 0 Å². The van der Waals surface area contributed by atoms with Gasteiger partial charge in [0, 0.05) is 0 Å². The Morgan fingerprint density at radius 2 is 0.594 bits per heavy atom. The molecule has 0 bridgehead atoms. The molecule has 0 saturated carbocycles. The van der Waals surface area contributed by atoms with Crippen molar-refractivity contribution in [1.29, 1.82) is 0 Å². The minimum absolute atomic E-state index is 1.27. The first kappa shape index (κ1) is 37.5. The summed E-state index contributed by atoms with van der Waals surface area (Å²) in [5.74, 6) is 0. The van der Waals surface area contributed by atoms with Crippen molar-refractivity contribution >= 4 is 86.2 Å². The third kappa shape index (κ3) is 4.58. The van der Waals surface area contributed by atoms with Crippen molar-refractivity contribution in [2.24, 2.45) is 0 Å². The van der Waals surface area contributed by atoms with Crippen LogP contribution in [0, 0.1) is 69.2 Å². The number of hydrogen-bond donors (Lipinski definition) is 0. The number of rotatable bonds is 2. The van der Waals surface area contributed by atoms with Gasteiger partial charge in [-0.3, -0.25) is 0 Å². The summed E-state index contributed by atoms with van der Waals surface area (Å²) < 4.78 is 0. The van der Waals surface area contributed by atoms with Gasteiger partial charge in [0.05, 0.1) is 0 Å². The molecule has 13 rings (SSSR count). The standard InChI is InChI=1S/C64H50/c1-31-33(3)37(7)56(38(8)34(31)4)62-53-29-51-47-21-14-13-20-46(47)49-26-43-16-11-12-17-44(43)27-50(49)52(51)30-54(53)63(57-39(9)35(5)32(2)36(6)40(57)10)64-55-28-45-19-15-18-41-22-23-42-24-25-48(61(62)64)60(55)59(42)58(41)45/h11-30H,1-10H3. The summed E-state index contributed by atoms with van der Waals surface area (Å²) in [6, 6.07) is 47.1. The average molecular weight is 819 g/mol. The molecule has 306 valence electrons. The van der Waals surface area contributed by atoms with E-state index in [0.717, 1.165) is 0 Å². The molecule has 0 heteroatoms. The Balaban J connectivity index is 1.37. The van der Waals surface area contributed by atoms with Crippen LogP contribution in [-0.4, -0.2) is 0 Å². The van der Waals surface area contributed by atoms with Crippen molar-refractivity contribution in [1.82, 2.24) is 0 Å². The van der Waals surface area contributed by atoms with E-state index < -0.39 is 0 Å². The molecule has 64 heavy (non-hydrogen) atoms. The molecule has 0 nitrogen and oxygen atoms in total. The van der Waals surface area contributed by atoms with Crippen LogP contribution in [0.4, 0.5) is 0 Å². The van der Waals surface area contributed by atoms with E-state index in [-0.39, 0.29) is 0 Å². The molecule has 0 unspecified atom stereocenters. The predicted molar refractivity (Wildman–Crippen MR) is 280 cm³/mol. The fourth-order valence-corrected chi connectivity index (χ4v) is 12.7. The van der Waals surface area contributed by atoms with Crippen LogP contribution in [-0.2, 0) is 0 Å². The van der Waals surface area contributed by atoms with Gasteiger partial charge in [0.2, 0.25) is 0 Å². The van der Waals surface area contributed by atoms with Gasteiger partial charge in [-0.2, -0.15) is 0 Å². The van der Waals surface area contributed by atoms with Crippen LogP contribution in [0.2, 0.25) is 0 Å². The van der Waals surface area contributed by atoms with E-state index in [0.29, 0.717) is 0 Å². The quantitative estimate of drug-likeness (QED) is 0.120. The molecule has 0 N–H and O–H groups in total. The molecular weight excluding hydrogens is 769 g/mol. The van der Waals surface area contributed by atoms with E-state index in [1.165, 1.54) is 186 Å². The number of fused-ring (bicyclic) bond motifs is 11. The highest BCUT2D eigenvalue weighted by atomic mass is 14.4. The molecule has 12 aromatic carbocycles. The maximum atomic E-state index is 2.63. The van der Waals surface area contributed by atoms with Crippen molar-refractivity contribution < 1.29 is 0 Å². The van der Waals surface area contributed by atoms with Crippen molar-refractivity contribution in [2.75, 3.05) is 0 Å². The van der Waals surface area contributed by atoms with Crippen LogP contribution in [0.15, 0.2) is 121 Å². The van der Waals surface area contributed by atoms with Crippen LogP contribution >= 0.6 is 0 Å². The Bertz CT molecular complexity index is 4090. The maximum absolute atomic E-state index is 2.63. The normalized spacial score (nSPS) is 12.5. The maximum Gasteiger partial charge on any atom is -0.000698 e. The van der Waals surface area contributed by atoms with Crippen LogP contribution < -0.4 is 0 Å². The molecule has 0 aliphatic heterocycles. The van der Waals surface area contributed by atoms with Gasteiger partial charge >= 0.3 is 0 Å². The highest BCUT2D eigenvalue weighted by Crippen LogP contribution is 2.62. The monoisotopic (exact) mass is 818 g/mol. The summed E-state index contributed by atoms with van der Waals surface area (Å²) in [6.07, 6.45) is 0. The Morgan fingerprint density at radius 1 is 0.203 bits per heavy atom. The van der Waals surface area contributed by atoms with E-state index in [2.05, 4.69) is 191 Å². The summed E-state index contributed by atoms with van der Waals surface area (Å²) in [6.45, 7) is 23.6. The van der Waals surface area contributed by atoms with Gasteiger partial charge in [-0.05, 0) is 286 Å². The Hall–Kier alpha value is -7.02. The zero-order valence-electron chi connectivity index (χ0n) is 38.5. The zero-order chi connectivity index (χ0) is 43.8. The highest BCUT2D eigenvalue weighted by Gasteiger charge is 2.35. The first-order valence-corrected chi connectivity index (χ1v) is 23.1. The molecular formula is C64H50. The molecule has 0 aromatic heterocycles. The zero-order valence-corrected chi connectivity index (χ0v) is 38.5. The van der Waals surface area contributed by atoms with E-state index >= 15 is 0 Å². The first-order valence-electron chi connectivity index (χ1n) is 23.1. The molecule has 0 atom stereocenters. The fourth-order valence-electron chi connectivity index (χ4n) is 12.7. The average Bonchev–Trinajstić information content (AvgIpc) is 3.65. The molecule has 0 fully saturated rings. The predicted octanol–water partition coefficient (Wildman–Crippen LogP) is 18.4. The lowest BCUT2D eigenvalue weighted by molar-refractivity contribution is 1.18. The molecule has 1 aliphatic carbocycles. The molecule has 0 radical (unpaired) electrons. The van der Waals surface area contributed by atoms with E-state index in [9.17, 15) is 0 Å². The third-order valence-corrected chi connectivity index (χ3v) is 16.8. The molecule has 0 heterocycles. The number of benzene rings is 12. The van der Waals surface area contributed by atoms with Gasteiger partial charge in [-0.1, -0.05) is 91.0 Å². The molecule has 0 amide bonds. The van der Waals surface area contributed by atoms with Crippen molar-refractivity contribution in [3.05, 3.63) is 177 Å². The minimum Gasteiger partial charge on any atom is -0.0616 e. The van der Waals surface area contributed by atoms with Gasteiger partial charge in [0.25, 0.3) is 0 Å². The summed E-state index contributed by atoms with van der Waals surface area (Å²) in [5.41, 5.74) is 24.8. The van der Waals surface area contributed by atoms with E-state index in [4.69, 9.17) is 0 Å². The Kier molecular flexibility index (Phi) is 7.51. The summed E-state index contributed by atoms with van der Waals surface area (Å²) >= 11 is 0. The van der Waals surface area contributed by atoms with Crippen molar-refractivity contribution in [3.8, 4) is 44.5 Å². The molecule has 0 saturated heterocycles. The molecule has 0 spiro atoms. The SMILES string of the molecule is Cc1c(C)c(C)c(-c2c3c(c(-c4c(C)c(C)c(C)c(C)c4C)c4cc5c6cc7ccccc7cc6c6ccccc6c5cc24)-c2cc4cccc5ccc6ccc-3c2c6c54)c(C)c1C. The summed E-state index contributed by atoms with van der Waals surface area (Å²) in [7, 11) is 0. The fraction of sp³-hybridized carbons (Fsp3) is 0.156. The Morgan fingerprint density at radius 3 is 1.14 bits per heavy atom. The lowest BCUT2D eigenvalue weighted by atomic mass is 9.75. The van der Waals surface area contributed by atoms with Crippen LogP contribution in [0.3, 0.4) is 0 Å². The van der Waals surface area contributed by atoms with Crippen LogP contribution in [0.25, 0.3) is 131 Å². The lowest BCUT2D eigenvalue weighted by Gasteiger charge is -2.28. The Labute approximate surface area is 375 Å². The number of hydrogen-bond acceptors (Lipinski definition) is 0. The molecule has 1 aliphatic rings. The lowest BCUT2D eigenvalue weighted by Crippen LogP contribution is -2.04. The second kappa shape index (κ2) is 12.8. The van der Waals surface area contributed by atoms with Crippen LogP contribution in [0.1, 0.15) is 55.6 Å². The smallest absolute Gasteiger partial charge is 0.000698 e. The van der Waals surface area contributed by atoms with Gasteiger partial charge in [-0.15, -0.1) is 0 Å². The third-order valence-electron chi connectivity index (χ3n) is 16.8. The van der Waals surface area contributed by atoms with Crippen molar-refractivity contribution in [2.45, 2.75) is 69.2 Å². The summed E-state index contributed by atoms with van der Waals surface area (Å²) in [4.78, 5) is 0. The second-order valence-corrected chi connectivity index (χ2v) is 19.4. The van der Waals surface area contributed by atoms with Crippen molar-refractivity contribution in [3.63, 3.8) is 0 Å².